The molecule has 5 heteroatoms. The highest BCUT2D eigenvalue weighted by Crippen LogP contribution is 2.20. The molecule has 2 N–H and O–H groups in total. The molecule has 0 spiro atoms. The van der Waals surface area contributed by atoms with E-state index in [1.807, 2.05) is 18.7 Å². The van der Waals surface area contributed by atoms with Crippen molar-refractivity contribution < 1.29 is 9.53 Å². The molecule has 20 heavy (non-hydrogen) atoms. The second-order valence-electron chi connectivity index (χ2n) is 6.25. The molecule has 0 bridgehead atoms. The summed E-state index contributed by atoms with van der Waals surface area (Å²) in [5, 5.41) is 0. The SMILES string of the molecule is CC1CN(C(=O)CN2CCCCC2CCN)CC(C)O1. The molecule has 0 aromatic heterocycles. The van der Waals surface area contributed by atoms with E-state index in [1.54, 1.807) is 0 Å². The maximum absolute atomic E-state index is 12.5. The number of hydrogen-bond acceptors (Lipinski definition) is 4. The number of nitrogens with zero attached hydrogens (tertiary/aromatic N) is 2. The number of piperidine rings is 1. The van der Waals surface area contributed by atoms with Crippen molar-refractivity contribution in [1.29, 1.82) is 0 Å². The van der Waals surface area contributed by atoms with Gasteiger partial charge in [0, 0.05) is 19.1 Å². The summed E-state index contributed by atoms with van der Waals surface area (Å²) in [6, 6.07) is 0.494. The van der Waals surface area contributed by atoms with Crippen LogP contribution in [0.3, 0.4) is 0 Å². The third kappa shape index (κ3) is 4.17. The van der Waals surface area contributed by atoms with Crippen LogP contribution >= 0.6 is 0 Å². The minimum absolute atomic E-state index is 0.142. The third-order valence-electron chi connectivity index (χ3n) is 4.36. The molecule has 0 aliphatic carbocycles. The summed E-state index contributed by atoms with van der Waals surface area (Å²) in [6.07, 6.45) is 4.93. The van der Waals surface area contributed by atoms with Crippen LogP contribution in [-0.4, -0.2) is 66.7 Å². The van der Waals surface area contributed by atoms with Crippen LogP contribution < -0.4 is 5.73 Å². The summed E-state index contributed by atoms with van der Waals surface area (Å²) in [5.41, 5.74) is 5.69. The molecule has 2 heterocycles. The Labute approximate surface area is 122 Å². The maximum atomic E-state index is 12.5. The van der Waals surface area contributed by atoms with E-state index in [9.17, 15) is 4.79 Å². The number of hydrogen-bond donors (Lipinski definition) is 1. The molecule has 0 aromatic carbocycles. The fourth-order valence-electron chi connectivity index (χ4n) is 3.44. The number of ether oxygens (including phenoxy) is 1. The minimum atomic E-state index is 0.142. The molecule has 2 aliphatic heterocycles. The molecule has 0 aromatic rings. The lowest BCUT2D eigenvalue weighted by Crippen LogP contribution is -2.53. The summed E-state index contributed by atoms with van der Waals surface area (Å²) < 4.78 is 5.69. The van der Waals surface area contributed by atoms with Crippen molar-refractivity contribution in [3.05, 3.63) is 0 Å². The Hall–Kier alpha value is -0.650. The first-order valence-corrected chi connectivity index (χ1v) is 7.97. The van der Waals surface area contributed by atoms with Gasteiger partial charge in [0.15, 0.2) is 0 Å². The second kappa shape index (κ2) is 7.38. The average molecular weight is 283 g/mol. The first kappa shape index (κ1) is 15.7. The van der Waals surface area contributed by atoms with Gasteiger partial charge in [0.1, 0.15) is 0 Å². The van der Waals surface area contributed by atoms with Gasteiger partial charge in [0.25, 0.3) is 0 Å². The van der Waals surface area contributed by atoms with Crippen LogP contribution in [0.4, 0.5) is 0 Å². The van der Waals surface area contributed by atoms with Gasteiger partial charge in [-0.1, -0.05) is 6.42 Å². The Morgan fingerprint density at radius 2 is 1.95 bits per heavy atom. The van der Waals surface area contributed by atoms with E-state index < -0.39 is 0 Å². The van der Waals surface area contributed by atoms with Gasteiger partial charge >= 0.3 is 0 Å². The molecule has 2 aliphatic rings. The minimum Gasteiger partial charge on any atom is -0.372 e. The first-order chi connectivity index (χ1) is 9.60. The Kier molecular flexibility index (Phi) is 5.81. The highest BCUT2D eigenvalue weighted by atomic mass is 16.5. The van der Waals surface area contributed by atoms with Crippen molar-refractivity contribution in [2.24, 2.45) is 5.73 Å². The smallest absolute Gasteiger partial charge is 0.236 e. The molecular formula is C15H29N3O2. The Bertz CT molecular complexity index is 312. The molecule has 5 nitrogen and oxygen atoms in total. The van der Waals surface area contributed by atoms with Gasteiger partial charge in [-0.25, -0.2) is 0 Å². The Balaban J connectivity index is 1.88. The zero-order valence-electron chi connectivity index (χ0n) is 12.9. The van der Waals surface area contributed by atoms with Crippen molar-refractivity contribution in [3.63, 3.8) is 0 Å². The summed E-state index contributed by atoms with van der Waals surface area (Å²) in [7, 11) is 0. The summed E-state index contributed by atoms with van der Waals surface area (Å²) in [5.74, 6) is 0.246. The summed E-state index contributed by atoms with van der Waals surface area (Å²) >= 11 is 0. The number of nitrogens with two attached hydrogens (primary N) is 1. The maximum Gasteiger partial charge on any atom is 0.236 e. The predicted octanol–water partition coefficient (Wildman–Crippen LogP) is 0.826. The van der Waals surface area contributed by atoms with Crippen molar-refractivity contribution >= 4 is 5.91 Å². The molecule has 2 saturated heterocycles. The lowest BCUT2D eigenvalue weighted by atomic mass is 9.99. The standard InChI is InChI=1S/C15H29N3O2/c1-12-9-18(10-13(2)20-12)15(19)11-17-8-4-3-5-14(17)6-7-16/h12-14H,3-11,16H2,1-2H3. The highest BCUT2D eigenvalue weighted by molar-refractivity contribution is 5.78. The van der Waals surface area contributed by atoms with E-state index in [0.29, 0.717) is 19.1 Å². The van der Waals surface area contributed by atoms with E-state index in [1.165, 1.54) is 19.3 Å². The largest absolute Gasteiger partial charge is 0.372 e. The first-order valence-electron chi connectivity index (χ1n) is 7.97. The van der Waals surface area contributed by atoms with E-state index in [2.05, 4.69) is 4.90 Å². The topological polar surface area (TPSA) is 58.8 Å². The second-order valence-corrected chi connectivity index (χ2v) is 6.25. The number of morpholine rings is 1. The molecule has 3 unspecified atom stereocenters. The highest BCUT2D eigenvalue weighted by Gasteiger charge is 2.29. The Morgan fingerprint density at radius 1 is 1.25 bits per heavy atom. The number of amides is 1. The van der Waals surface area contributed by atoms with Crippen LogP contribution in [-0.2, 0) is 9.53 Å². The quantitative estimate of drug-likeness (QED) is 0.830. The van der Waals surface area contributed by atoms with Gasteiger partial charge < -0.3 is 15.4 Å². The van der Waals surface area contributed by atoms with E-state index in [4.69, 9.17) is 10.5 Å². The van der Waals surface area contributed by atoms with Crippen LogP contribution in [0.5, 0.6) is 0 Å². The van der Waals surface area contributed by atoms with Crippen molar-refractivity contribution in [3.8, 4) is 0 Å². The molecule has 2 fully saturated rings. The van der Waals surface area contributed by atoms with Crippen molar-refractivity contribution in [2.45, 2.75) is 57.8 Å². The van der Waals surface area contributed by atoms with E-state index >= 15 is 0 Å². The fourth-order valence-corrected chi connectivity index (χ4v) is 3.44. The molecule has 116 valence electrons. The van der Waals surface area contributed by atoms with Crippen LogP contribution in [0.2, 0.25) is 0 Å². The molecule has 0 saturated carbocycles. The molecule has 3 atom stereocenters. The lowest BCUT2D eigenvalue weighted by molar-refractivity contribution is -0.145. The van der Waals surface area contributed by atoms with Crippen LogP contribution in [0.25, 0.3) is 0 Å². The monoisotopic (exact) mass is 283 g/mol. The molecule has 0 radical (unpaired) electrons. The zero-order valence-corrected chi connectivity index (χ0v) is 12.9. The Morgan fingerprint density at radius 3 is 2.60 bits per heavy atom. The average Bonchev–Trinajstić information content (AvgIpc) is 2.40. The molecule has 2 rings (SSSR count). The lowest BCUT2D eigenvalue weighted by Gasteiger charge is -2.39. The van der Waals surface area contributed by atoms with Gasteiger partial charge in [-0.15, -0.1) is 0 Å². The summed E-state index contributed by atoms with van der Waals surface area (Å²) in [4.78, 5) is 16.8. The number of carbonyl (C=O) groups is 1. The normalized spacial score (nSPS) is 32.4. The molecule has 1 amide bonds. The van der Waals surface area contributed by atoms with Crippen molar-refractivity contribution in [1.82, 2.24) is 9.80 Å². The number of carbonyl (C=O) groups excluding carboxylic acids is 1. The van der Waals surface area contributed by atoms with Gasteiger partial charge in [-0.2, -0.15) is 0 Å². The third-order valence-corrected chi connectivity index (χ3v) is 4.36. The van der Waals surface area contributed by atoms with Crippen LogP contribution in [0.1, 0.15) is 39.5 Å². The van der Waals surface area contributed by atoms with Gasteiger partial charge in [-0.05, 0) is 46.2 Å². The van der Waals surface area contributed by atoms with Crippen molar-refractivity contribution in [2.75, 3.05) is 32.7 Å². The van der Waals surface area contributed by atoms with Crippen LogP contribution in [0, 0.1) is 0 Å². The van der Waals surface area contributed by atoms with E-state index in [0.717, 1.165) is 26.1 Å². The zero-order chi connectivity index (χ0) is 14.5. The molecular weight excluding hydrogens is 254 g/mol. The summed E-state index contributed by atoms with van der Waals surface area (Å²) in [6.45, 7) is 7.80. The van der Waals surface area contributed by atoms with Gasteiger partial charge in [0.05, 0.1) is 18.8 Å². The van der Waals surface area contributed by atoms with Crippen LogP contribution in [0.15, 0.2) is 0 Å². The predicted molar refractivity (Wildman–Crippen MR) is 79.5 cm³/mol. The number of rotatable bonds is 4. The number of likely N-dealkylation sites (tertiary alicyclic amines) is 1. The van der Waals surface area contributed by atoms with Gasteiger partial charge in [-0.3, -0.25) is 9.69 Å². The fraction of sp³-hybridized carbons (Fsp3) is 0.933. The van der Waals surface area contributed by atoms with Gasteiger partial charge in [0.2, 0.25) is 5.91 Å². The van der Waals surface area contributed by atoms with E-state index in [-0.39, 0.29) is 18.1 Å².